The second-order valence-corrected chi connectivity index (χ2v) is 5.88. The summed E-state index contributed by atoms with van der Waals surface area (Å²) in [5.41, 5.74) is 0.445. The number of carbonyl (C=O) groups is 1. The lowest BCUT2D eigenvalue weighted by Crippen LogP contribution is -2.50. The third kappa shape index (κ3) is 1.58. The minimum absolute atomic E-state index is 0.284. The fraction of sp³-hybridized carbons (Fsp3) is 0.562. The van der Waals surface area contributed by atoms with E-state index >= 15 is 0 Å². The molecule has 1 aliphatic carbocycles. The molecule has 1 aromatic carbocycles. The Morgan fingerprint density at radius 2 is 1.85 bits per heavy atom. The maximum atomic E-state index is 12.3. The monoisotopic (exact) mass is 274 g/mol. The van der Waals surface area contributed by atoms with Crippen LogP contribution in [0.3, 0.4) is 0 Å². The Morgan fingerprint density at radius 3 is 2.60 bits per heavy atom. The van der Waals surface area contributed by atoms with E-state index in [2.05, 4.69) is 0 Å². The maximum Gasteiger partial charge on any atom is 0.342 e. The van der Waals surface area contributed by atoms with Gasteiger partial charge in [0, 0.05) is 13.0 Å². The van der Waals surface area contributed by atoms with E-state index in [-0.39, 0.29) is 5.97 Å². The molecule has 0 unspecified atom stereocenters. The number of hydrogen-bond acceptors (Lipinski definition) is 4. The maximum absolute atomic E-state index is 12.3. The summed E-state index contributed by atoms with van der Waals surface area (Å²) >= 11 is 0. The molecule has 3 fully saturated rings. The third-order valence-corrected chi connectivity index (χ3v) is 4.77. The Morgan fingerprint density at radius 1 is 1.05 bits per heavy atom. The fourth-order valence-electron chi connectivity index (χ4n) is 3.84. The standard InChI is InChI=1S/C16H18O4/c17-14-13(12-6-2-1-3-7-12)19-16(20-14)10-4-8-15(16)9-5-11-18-15/h1-3,6-7,13H,4-5,8-11H2/t13-,15+,16+/m1/s1. The number of carbonyl (C=O) groups excluding carboxylic acids is 1. The van der Waals surface area contributed by atoms with Crippen molar-refractivity contribution in [2.75, 3.05) is 6.61 Å². The van der Waals surface area contributed by atoms with Crippen molar-refractivity contribution in [1.82, 2.24) is 0 Å². The van der Waals surface area contributed by atoms with Gasteiger partial charge in [-0.05, 0) is 31.2 Å². The highest BCUT2D eigenvalue weighted by Crippen LogP contribution is 2.55. The molecule has 1 saturated carbocycles. The first-order valence-electron chi connectivity index (χ1n) is 7.34. The second kappa shape index (κ2) is 4.30. The third-order valence-electron chi connectivity index (χ3n) is 4.77. The summed E-state index contributed by atoms with van der Waals surface area (Å²) in [6.07, 6.45) is 3.95. The Bertz CT molecular complexity index is 515. The SMILES string of the molecule is O=C1O[C@]2(CCC[C@]23CCCO3)O[C@@H]1c1ccccc1. The van der Waals surface area contributed by atoms with Gasteiger partial charge in [0.25, 0.3) is 0 Å². The van der Waals surface area contributed by atoms with Gasteiger partial charge in [-0.15, -0.1) is 0 Å². The van der Waals surface area contributed by atoms with Gasteiger partial charge in [0.15, 0.2) is 6.10 Å². The summed E-state index contributed by atoms with van der Waals surface area (Å²) in [6, 6.07) is 9.56. The lowest BCUT2D eigenvalue weighted by Gasteiger charge is -2.37. The number of esters is 1. The molecule has 2 heterocycles. The van der Waals surface area contributed by atoms with Crippen LogP contribution in [-0.4, -0.2) is 24.0 Å². The molecule has 2 spiro atoms. The summed E-state index contributed by atoms with van der Waals surface area (Å²) in [7, 11) is 0. The molecule has 20 heavy (non-hydrogen) atoms. The molecule has 4 heteroatoms. The van der Waals surface area contributed by atoms with E-state index in [1.165, 1.54) is 0 Å². The van der Waals surface area contributed by atoms with Gasteiger partial charge in [-0.3, -0.25) is 0 Å². The van der Waals surface area contributed by atoms with Crippen molar-refractivity contribution in [1.29, 1.82) is 0 Å². The Kier molecular flexibility index (Phi) is 2.66. The normalized spacial score (nSPS) is 39.8. The first-order valence-corrected chi connectivity index (χ1v) is 7.34. The summed E-state index contributed by atoms with van der Waals surface area (Å²) < 4.78 is 17.8. The van der Waals surface area contributed by atoms with Crippen molar-refractivity contribution in [3.63, 3.8) is 0 Å². The van der Waals surface area contributed by atoms with Crippen molar-refractivity contribution < 1.29 is 19.0 Å². The largest absolute Gasteiger partial charge is 0.428 e. The van der Waals surface area contributed by atoms with Crippen LogP contribution in [0.5, 0.6) is 0 Å². The van der Waals surface area contributed by atoms with Gasteiger partial charge in [0.05, 0.1) is 0 Å². The van der Waals surface area contributed by atoms with Crippen molar-refractivity contribution in [3.8, 4) is 0 Å². The van der Waals surface area contributed by atoms with Gasteiger partial charge in [0.1, 0.15) is 5.60 Å². The molecule has 2 saturated heterocycles. The van der Waals surface area contributed by atoms with Gasteiger partial charge in [-0.25, -0.2) is 4.79 Å². The molecule has 3 atom stereocenters. The van der Waals surface area contributed by atoms with Crippen LogP contribution in [0.15, 0.2) is 30.3 Å². The molecule has 106 valence electrons. The quantitative estimate of drug-likeness (QED) is 0.739. The van der Waals surface area contributed by atoms with Crippen LogP contribution in [0.4, 0.5) is 0 Å². The Balaban J connectivity index is 1.67. The van der Waals surface area contributed by atoms with E-state index in [9.17, 15) is 4.79 Å². The first kappa shape index (κ1) is 12.4. The van der Waals surface area contributed by atoms with Crippen LogP contribution in [0.1, 0.15) is 43.8 Å². The fourth-order valence-corrected chi connectivity index (χ4v) is 3.84. The number of hydrogen-bond donors (Lipinski definition) is 0. The molecule has 4 rings (SSSR count). The smallest absolute Gasteiger partial charge is 0.342 e. The topological polar surface area (TPSA) is 44.8 Å². The van der Waals surface area contributed by atoms with Crippen LogP contribution < -0.4 is 0 Å². The predicted molar refractivity (Wildman–Crippen MR) is 70.9 cm³/mol. The molecular weight excluding hydrogens is 256 g/mol. The molecule has 0 amide bonds. The molecule has 0 aromatic heterocycles. The summed E-state index contributed by atoms with van der Waals surface area (Å²) in [4.78, 5) is 12.3. The van der Waals surface area contributed by atoms with Crippen LogP contribution in [0, 0.1) is 0 Å². The Hall–Kier alpha value is -1.39. The van der Waals surface area contributed by atoms with E-state index < -0.39 is 17.5 Å². The molecule has 0 radical (unpaired) electrons. The van der Waals surface area contributed by atoms with Crippen LogP contribution in [-0.2, 0) is 19.0 Å². The number of fused-ring (bicyclic) bond motifs is 1. The number of benzene rings is 1. The average Bonchev–Trinajstić information content (AvgIpc) is 3.15. The van der Waals surface area contributed by atoms with Crippen molar-refractivity contribution >= 4 is 5.97 Å². The van der Waals surface area contributed by atoms with Crippen molar-refractivity contribution in [3.05, 3.63) is 35.9 Å². The van der Waals surface area contributed by atoms with E-state index in [4.69, 9.17) is 14.2 Å². The van der Waals surface area contributed by atoms with E-state index in [1.54, 1.807) is 0 Å². The predicted octanol–water partition coefficient (Wildman–Crippen LogP) is 2.73. The van der Waals surface area contributed by atoms with Gasteiger partial charge >= 0.3 is 5.97 Å². The highest BCUT2D eigenvalue weighted by atomic mass is 16.8. The van der Waals surface area contributed by atoms with Crippen molar-refractivity contribution in [2.24, 2.45) is 0 Å². The molecule has 0 bridgehead atoms. The second-order valence-electron chi connectivity index (χ2n) is 5.88. The number of ether oxygens (including phenoxy) is 3. The minimum atomic E-state index is -0.860. The van der Waals surface area contributed by atoms with E-state index in [0.717, 1.165) is 44.3 Å². The summed E-state index contributed by atoms with van der Waals surface area (Å²) in [6.45, 7) is 0.735. The lowest BCUT2D eigenvalue weighted by atomic mass is 9.93. The van der Waals surface area contributed by atoms with Gasteiger partial charge in [-0.2, -0.15) is 0 Å². The molecule has 4 nitrogen and oxygen atoms in total. The van der Waals surface area contributed by atoms with Gasteiger partial charge in [-0.1, -0.05) is 30.3 Å². The van der Waals surface area contributed by atoms with E-state index in [0.29, 0.717) is 0 Å². The van der Waals surface area contributed by atoms with Gasteiger partial charge < -0.3 is 14.2 Å². The summed E-state index contributed by atoms with van der Waals surface area (Å²) in [5.74, 6) is -1.14. The molecule has 2 aliphatic heterocycles. The van der Waals surface area contributed by atoms with Gasteiger partial charge in [0.2, 0.25) is 5.79 Å². The van der Waals surface area contributed by atoms with Crippen molar-refractivity contribution in [2.45, 2.75) is 49.6 Å². The minimum Gasteiger partial charge on any atom is -0.428 e. The molecular formula is C16H18O4. The zero-order valence-corrected chi connectivity index (χ0v) is 11.3. The highest BCUT2D eigenvalue weighted by Gasteiger charge is 2.66. The molecule has 3 aliphatic rings. The Labute approximate surface area is 118 Å². The lowest BCUT2D eigenvalue weighted by molar-refractivity contribution is -0.259. The van der Waals surface area contributed by atoms with E-state index in [1.807, 2.05) is 30.3 Å². The molecule has 1 aromatic rings. The highest BCUT2D eigenvalue weighted by molar-refractivity contribution is 5.78. The summed E-state index contributed by atoms with van der Waals surface area (Å²) in [5, 5.41) is 0. The first-order chi connectivity index (χ1) is 9.75. The number of rotatable bonds is 1. The van der Waals surface area contributed by atoms with Crippen LogP contribution in [0.2, 0.25) is 0 Å². The van der Waals surface area contributed by atoms with Crippen LogP contribution in [0.25, 0.3) is 0 Å². The average molecular weight is 274 g/mol. The molecule has 0 N–H and O–H groups in total. The zero-order chi connectivity index (χ0) is 13.6. The van der Waals surface area contributed by atoms with Crippen LogP contribution >= 0.6 is 0 Å². The zero-order valence-electron chi connectivity index (χ0n) is 11.3.